The van der Waals surface area contributed by atoms with Crippen molar-refractivity contribution in [2.45, 2.75) is 12.2 Å². The highest BCUT2D eigenvalue weighted by molar-refractivity contribution is 5.69. The number of nitrogens with one attached hydrogen (secondary N) is 1. The molecule has 1 aromatic carbocycles. The molecular weight excluding hydrogens is 275 g/mol. The van der Waals surface area contributed by atoms with Gasteiger partial charge in [0.1, 0.15) is 18.2 Å². The van der Waals surface area contributed by atoms with E-state index in [1.807, 2.05) is 5.32 Å². The summed E-state index contributed by atoms with van der Waals surface area (Å²) in [5.74, 6) is -1.44. The average Bonchev–Trinajstić information content (AvgIpc) is 2.36. The second-order valence-electron chi connectivity index (χ2n) is 3.78. The second kappa shape index (κ2) is 6.04. The van der Waals surface area contributed by atoms with Crippen molar-refractivity contribution in [1.82, 2.24) is 5.32 Å². The van der Waals surface area contributed by atoms with Gasteiger partial charge in [-0.1, -0.05) is 6.07 Å². The number of halogens is 3. The first-order valence-electron chi connectivity index (χ1n) is 5.25. The molecule has 1 unspecified atom stereocenters. The first-order chi connectivity index (χ1) is 9.29. The fraction of sp³-hybridized carbons (Fsp3) is 0.250. The number of hydrogen-bond donors (Lipinski definition) is 2. The lowest BCUT2D eigenvalue weighted by molar-refractivity contribution is -0.159. The van der Waals surface area contributed by atoms with Crippen LogP contribution in [0.25, 0.3) is 0 Å². The quantitative estimate of drug-likeness (QED) is 0.876. The van der Waals surface area contributed by atoms with Crippen molar-refractivity contribution in [3.05, 3.63) is 34.9 Å². The predicted molar refractivity (Wildman–Crippen MR) is 60.3 cm³/mol. The van der Waals surface area contributed by atoms with Crippen molar-refractivity contribution in [2.24, 2.45) is 0 Å². The second-order valence-corrected chi connectivity index (χ2v) is 3.78. The summed E-state index contributed by atoms with van der Waals surface area (Å²) >= 11 is 0. The fourth-order valence-electron chi connectivity index (χ4n) is 1.54. The fourth-order valence-corrected chi connectivity index (χ4v) is 1.54. The number of nitriles is 2. The van der Waals surface area contributed by atoms with Crippen LogP contribution in [0.3, 0.4) is 0 Å². The van der Waals surface area contributed by atoms with E-state index in [2.05, 4.69) is 0 Å². The summed E-state index contributed by atoms with van der Waals surface area (Å²) in [7, 11) is 0. The van der Waals surface area contributed by atoms with E-state index in [0.717, 1.165) is 18.2 Å². The van der Waals surface area contributed by atoms with Crippen LogP contribution in [0.5, 0.6) is 0 Å². The Morgan fingerprint density at radius 3 is 2.35 bits per heavy atom. The van der Waals surface area contributed by atoms with Crippen LogP contribution < -0.4 is 5.32 Å². The Morgan fingerprint density at radius 2 is 1.90 bits per heavy atom. The van der Waals surface area contributed by atoms with Gasteiger partial charge in [-0.3, -0.25) is 10.1 Å². The Labute approximate surface area is 111 Å². The molecule has 0 aliphatic heterocycles. The van der Waals surface area contributed by atoms with Gasteiger partial charge in [-0.25, -0.2) is 0 Å². The van der Waals surface area contributed by atoms with Crippen LogP contribution in [0.4, 0.5) is 13.2 Å². The third kappa shape index (κ3) is 3.70. The summed E-state index contributed by atoms with van der Waals surface area (Å²) in [6, 6.07) is 4.13. The molecule has 0 fully saturated rings. The lowest BCUT2D eigenvalue weighted by Gasteiger charge is -2.21. The highest BCUT2D eigenvalue weighted by Gasteiger charge is 2.41. The molecule has 0 saturated heterocycles. The first-order valence-corrected chi connectivity index (χ1v) is 5.25. The molecule has 0 aromatic heterocycles. The largest absolute Gasteiger partial charge is 0.480 e. The van der Waals surface area contributed by atoms with Crippen LogP contribution in [0, 0.1) is 22.7 Å². The van der Waals surface area contributed by atoms with Crippen molar-refractivity contribution in [1.29, 1.82) is 10.5 Å². The van der Waals surface area contributed by atoms with Crippen LogP contribution in [0.15, 0.2) is 18.2 Å². The summed E-state index contributed by atoms with van der Waals surface area (Å²) in [4.78, 5) is 10.4. The molecular formula is C12H8F3N3O2. The molecule has 1 atom stereocenters. The maximum Gasteiger partial charge on any atom is 0.407 e. The van der Waals surface area contributed by atoms with E-state index in [9.17, 15) is 18.0 Å². The van der Waals surface area contributed by atoms with Crippen molar-refractivity contribution in [3.8, 4) is 12.1 Å². The van der Waals surface area contributed by atoms with Crippen molar-refractivity contribution >= 4 is 5.97 Å². The summed E-state index contributed by atoms with van der Waals surface area (Å²) in [6.07, 6.45) is -4.73. The van der Waals surface area contributed by atoms with Gasteiger partial charge in [-0.05, 0) is 17.7 Å². The molecule has 2 N–H and O–H groups in total. The van der Waals surface area contributed by atoms with Gasteiger partial charge in [0.05, 0.1) is 17.7 Å². The zero-order valence-corrected chi connectivity index (χ0v) is 9.90. The van der Waals surface area contributed by atoms with Gasteiger partial charge in [0, 0.05) is 0 Å². The summed E-state index contributed by atoms with van der Waals surface area (Å²) in [5, 5.41) is 27.8. The standard InChI is InChI=1S/C12H8F3N3O2/c13-12(14,15)11(18-6-10(19)20)7-1-2-8(4-16)9(3-7)5-17/h1-3,11,18H,6H2,(H,19,20). The van der Waals surface area contributed by atoms with Crippen molar-refractivity contribution in [2.75, 3.05) is 6.54 Å². The number of carbonyl (C=O) groups is 1. The maximum atomic E-state index is 12.9. The maximum absolute atomic E-state index is 12.9. The predicted octanol–water partition coefficient (Wildman–Crippen LogP) is 1.71. The number of aliphatic carboxylic acids is 1. The Bertz CT molecular complexity index is 599. The third-order valence-corrected chi connectivity index (χ3v) is 2.40. The zero-order chi connectivity index (χ0) is 15.3. The van der Waals surface area contributed by atoms with Crippen LogP contribution in [-0.2, 0) is 4.79 Å². The van der Waals surface area contributed by atoms with E-state index in [4.69, 9.17) is 15.6 Å². The van der Waals surface area contributed by atoms with Crippen LogP contribution in [-0.4, -0.2) is 23.8 Å². The van der Waals surface area contributed by atoms with E-state index in [-0.39, 0.29) is 16.7 Å². The number of nitrogens with zero attached hydrogens (tertiary/aromatic N) is 2. The Kier molecular flexibility index (Phi) is 4.68. The van der Waals surface area contributed by atoms with E-state index in [0.29, 0.717) is 0 Å². The van der Waals surface area contributed by atoms with E-state index >= 15 is 0 Å². The SMILES string of the molecule is N#Cc1ccc(C(NCC(=O)O)C(F)(F)F)cc1C#N. The van der Waals surface area contributed by atoms with Gasteiger partial charge in [0.15, 0.2) is 0 Å². The molecule has 0 aliphatic rings. The highest BCUT2D eigenvalue weighted by atomic mass is 19.4. The lowest BCUT2D eigenvalue weighted by atomic mass is 10.00. The minimum Gasteiger partial charge on any atom is -0.480 e. The Hall–Kier alpha value is -2.58. The van der Waals surface area contributed by atoms with Crippen LogP contribution in [0.2, 0.25) is 0 Å². The Balaban J connectivity index is 3.19. The molecule has 1 rings (SSSR count). The van der Waals surface area contributed by atoms with Crippen LogP contribution in [0.1, 0.15) is 22.7 Å². The first kappa shape index (κ1) is 15.5. The number of alkyl halides is 3. The molecule has 0 bridgehead atoms. The molecule has 0 heterocycles. The average molecular weight is 283 g/mol. The highest BCUT2D eigenvalue weighted by Crippen LogP contribution is 2.33. The molecule has 0 amide bonds. The minimum absolute atomic E-state index is 0.0459. The monoisotopic (exact) mass is 283 g/mol. The van der Waals surface area contributed by atoms with Gasteiger partial charge in [-0.15, -0.1) is 0 Å². The molecule has 0 saturated carbocycles. The van der Waals surface area contributed by atoms with Gasteiger partial charge < -0.3 is 5.11 Å². The smallest absolute Gasteiger partial charge is 0.407 e. The number of carboxylic acid groups (broad SMARTS) is 1. The number of carboxylic acids is 1. The van der Waals surface area contributed by atoms with Crippen molar-refractivity contribution < 1.29 is 23.1 Å². The molecule has 0 aliphatic carbocycles. The molecule has 0 radical (unpaired) electrons. The van der Waals surface area contributed by atoms with Gasteiger partial charge in [0.25, 0.3) is 0 Å². The minimum atomic E-state index is -4.73. The summed E-state index contributed by atoms with van der Waals surface area (Å²) in [6.45, 7) is -0.883. The number of rotatable bonds is 4. The topological polar surface area (TPSA) is 96.9 Å². The van der Waals surface area contributed by atoms with E-state index in [1.165, 1.54) is 0 Å². The summed E-state index contributed by atoms with van der Waals surface area (Å²) < 4.78 is 38.6. The van der Waals surface area contributed by atoms with Crippen LogP contribution >= 0.6 is 0 Å². The zero-order valence-electron chi connectivity index (χ0n) is 9.90. The molecule has 104 valence electrons. The molecule has 8 heteroatoms. The van der Waals surface area contributed by atoms with Gasteiger partial charge in [0.2, 0.25) is 0 Å². The molecule has 5 nitrogen and oxygen atoms in total. The van der Waals surface area contributed by atoms with Gasteiger partial charge >= 0.3 is 12.1 Å². The molecule has 0 spiro atoms. The number of hydrogen-bond acceptors (Lipinski definition) is 4. The Morgan fingerprint density at radius 1 is 1.30 bits per heavy atom. The lowest BCUT2D eigenvalue weighted by Crippen LogP contribution is -2.37. The van der Waals surface area contributed by atoms with Crippen molar-refractivity contribution in [3.63, 3.8) is 0 Å². The third-order valence-electron chi connectivity index (χ3n) is 2.40. The van der Waals surface area contributed by atoms with E-state index < -0.39 is 24.7 Å². The van der Waals surface area contributed by atoms with E-state index in [1.54, 1.807) is 12.1 Å². The number of benzene rings is 1. The summed E-state index contributed by atoms with van der Waals surface area (Å²) in [5.41, 5.74) is -0.568. The molecule has 1 aromatic rings. The normalized spacial score (nSPS) is 12.2. The molecule has 20 heavy (non-hydrogen) atoms. The van der Waals surface area contributed by atoms with Gasteiger partial charge in [-0.2, -0.15) is 23.7 Å².